The maximum absolute atomic E-state index is 5.57. The summed E-state index contributed by atoms with van der Waals surface area (Å²) in [7, 11) is 0. The molecule has 1 aromatic rings. The van der Waals surface area contributed by atoms with Crippen LogP contribution in [0.25, 0.3) is 0 Å². The molecule has 1 atom stereocenters. The first kappa shape index (κ1) is 11.1. The third-order valence-electron chi connectivity index (χ3n) is 2.13. The van der Waals surface area contributed by atoms with Gasteiger partial charge in [0, 0.05) is 6.54 Å². The molecule has 14 heavy (non-hydrogen) atoms. The van der Waals surface area contributed by atoms with Gasteiger partial charge in [0.15, 0.2) is 0 Å². The molecule has 0 aliphatic rings. The van der Waals surface area contributed by atoms with Gasteiger partial charge in [-0.05, 0) is 31.0 Å². The topological polar surface area (TPSA) is 35.2 Å². The van der Waals surface area contributed by atoms with Crippen LogP contribution in [0.3, 0.4) is 0 Å². The Morgan fingerprint density at radius 3 is 2.43 bits per heavy atom. The average Bonchev–Trinajstić information content (AvgIpc) is 2.21. The molecule has 1 aromatic carbocycles. The highest BCUT2D eigenvalue weighted by atomic mass is 16.5. The lowest BCUT2D eigenvalue weighted by Gasteiger charge is -2.12. The molecule has 1 rings (SSSR count). The van der Waals surface area contributed by atoms with E-state index in [0.717, 1.165) is 12.2 Å². The van der Waals surface area contributed by atoms with Crippen LogP contribution in [0.1, 0.15) is 25.8 Å². The van der Waals surface area contributed by atoms with Crippen molar-refractivity contribution in [3.63, 3.8) is 0 Å². The minimum atomic E-state index is 0.0898. The van der Waals surface area contributed by atoms with Crippen molar-refractivity contribution in [1.29, 1.82) is 0 Å². The first-order chi connectivity index (χ1) is 6.76. The molecule has 78 valence electrons. The first-order valence-electron chi connectivity index (χ1n) is 5.22. The Labute approximate surface area is 86.1 Å². The lowest BCUT2D eigenvalue weighted by atomic mass is 10.1. The van der Waals surface area contributed by atoms with E-state index in [2.05, 4.69) is 19.1 Å². The zero-order chi connectivity index (χ0) is 10.4. The van der Waals surface area contributed by atoms with Crippen LogP contribution in [0.5, 0.6) is 5.75 Å². The lowest BCUT2D eigenvalue weighted by Crippen LogP contribution is -2.22. The molecule has 0 aliphatic heterocycles. The number of ether oxygens (including phenoxy) is 1. The Balaban J connectivity index is 2.54. The summed E-state index contributed by atoms with van der Waals surface area (Å²) in [4.78, 5) is 0. The molecule has 2 nitrogen and oxygen atoms in total. The fraction of sp³-hybridized carbons (Fsp3) is 0.500. The van der Waals surface area contributed by atoms with Gasteiger partial charge in [-0.25, -0.2) is 0 Å². The summed E-state index contributed by atoms with van der Waals surface area (Å²) in [6, 6.07) is 8.25. The maximum Gasteiger partial charge on any atom is 0.119 e. The Hall–Kier alpha value is -1.02. The van der Waals surface area contributed by atoms with E-state index < -0.39 is 0 Å². The summed E-state index contributed by atoms with van der Waals surface area (Å²) in [6.07, 6.45) is 2.40. The molecule has 1 unspecified atom stereocenters. The van der Waals surface area contributed by atoms with Crippen LogP contribution in [0, 0.1) is 0 Å². The van der Waals surface area contributed by atoms with Gasteiger partial charge in [0.05, 0.1) is 0 Å². The fourth-order valence-electron chi connectivity index (χ4n) is 1.30. The van der Waals surface area contributed by atoms with Gasteiger partial charge in [-0.1, -0.05) is 25.5 Å². The van der Waals surface area contributed by atoms with E-state index in [-0.39, 0.29) is 6.10 Å². The highest BCUT2D eigenvalue weighted by molar-refractivity contribution is 5.27. The van der Waals surface area contributed by atoms with Gasteiger partial charge in [0.1, 0.15) is 11.9 Å². The minimum Gasteiger partial charge on any atom is -0.489 e. The number of hydrogen-bond donors (Lipinski definition) is 1. The largest absolute Gasteiger partial charge is 0.489 e. The number of aryl methyl sites for hydroxylation is 1. The Morgan fingerprint density at radius 1 is 1.29 bits per heavy atom. The summed E-state index contributed by atoms with van der Waals surface area (Å²) in [5, 5.41) is 0. The second-order valence-electron chi connectivity index (χ2n) is 3.56. The zero-order valence-corrected chi connectivity index (χ0v) is 8.99. The molecule has 2 heteroatoms. The second kappa shape index (κ2) is 5.66. The number of hydrogen-bond acceptors (Lipinski definition) is 2. The van der Waals surface area contributed by atoms with Gasteiger partial charge >= 0.3 is 0 Å². The monoisotopic (exact) mass is 193 g/mol. The molecule has 0 aromatic heterocycles. The average molecular weight is 193 g/mol. The molecule has 0 bridgehead atoms. The van der Waals surface area contributed by atoms with E-state index in [9.17, 15) is 0 Å². The van der Waals surface area contributed by atoms with Crippen LogP contribution in [0.2, 0.25) is 0 Å². The SMILES string of the molecule is CCCc1ccc(OC(C)CN)cc1. The van der Waals surface area contributed by atoms with Crippen molar-refractivity contribution >= 4 is 0 Å². The lowest BCUT2D eigenvalue weighted by molar-refractivity contribution is 0.230. The number of benzene rings is 1. The molecule has 0 amide bonds. The van der Waals surface area contributed by atoms with Crippen molar-refractivity contribution in [3.05, 3.63) is 29.8 Å². The molecule has 0 fully saturated rings. The van der Waals surface area contributed by atoms with E-state index >= 15 is 0 Å². The summed E-state index contributed by atoms with van der Waals surface area (Å²) < 4.78 is 5.57. The molecule has 0 saturated carbocycles. The third kappa shape index (κ3) is 3.38. The van der Waals surface area contributed by atoms with Crippen LogP contribution < -0.4 is 10.5 Å². The van der Waals surface area contributed by atoms with Crippen molar-refractivity contribution in [1.82, 2.24) is 0 Å². The van der Waals surface area contributed by atoms with Gasteiger partial charge in [0.25, 0.3) is 0 Å². The Kier molecular flexibility index (Phi) is 4.47. The fourth-order valence-corrected chi connectivity index (χ4v) is 1.30. The smallest absolute Gasteiger partial charge is 0.119 e. The van der Waals surface area contributed by atoms with Gasteiger partial charge in [-0.15, -0.1) is 0 Å². The highest BCUT2D eigenvalue weighted by Crippen LogP contribution is 2.14. The molecule has 2 N–H and O–H groups in total. The van der Waals surface area contributed by atoms with Crippen molar-refractivity contribution in [3.8, 4) is 5.75 Å². The van der Waals surface area contributed by atoms with Crippen LogP contribution in [0.15, 0.2) is 24.3 Å². The normalized spacial score (nSPS) is 12.5. The predicted octanol–water partition coefficient (Wildman–Crippen LogP) is 2.37. The second-order valence-corrected chi connectivity index (χ2v) is 3.56. The van der Waals surface area contributed by atoms with E-state index in [1.807, 2.05) is 19.1 Å². The van der Waals surface area contributed by atoms with Crippen molar-refractivity contribution in [2.45, 2.75) is 32.8 Å². The molecule has 0 aliphatic carbocycles. The molecule has 0 spiro atoms. The van der Waals surface area contributed by atoms with Crippen molar-refractivity contribution in [2.24, 2.45) is 5.73 Å². The summed E-state index contributed by atoms with van der Waals surface area (Å²) in [5.74, 6) is 0.905. The van der Waals surface area contributed by atoms with E-state index in [1.165, 1.54) is 12.0 Å². The van der Waals surface area contributed by atoms with Crippen LogP contribution in [0.4, 0.5) is 0 Å². The standard InChI is InChI=1S/C12H19NO/c1-3-4-11-5-7-12(8-6-11)14-10(2)9-13/h5-8,10H,3-4,9,13H2,1-2H3. The third-order valence-corrected chi connectivity index (χ3v) is 2.13. The maximum atomic E-state index is 5.57. The van der Waals surface area contributed by atoms with Gasteiger partial charge in [-0.3, -0.25) is 0 Å². The predicted molar refractivity (Wildman–Crippen MR) is 59.6 cm³/mol. The van der Waals surface area contributed by atoms with Gasteiger partial charge in [-0.2, -0.15) is 0 Å². The number of rotatable bonds is 5. The van der Waals surface area contributed by atoms with Crippen LogP contribution in [-0.2, 0) is 6.42 Å². The Morgan fingerprint density at radius 2 is 1.93 bits per heavy atom. The van der Waals surface area contributed by atoms with E-state index in [0.29, 0.717) is 6.54 Å². The minimum absolute atomic E-state index is 0.0898. The van der Waals surface area contributed by atoms with E-state index in [4.69, 9.17) is 10.5 Å². The van der Waals surface area contributed by atoms with E-state index in [1.54, 1.807) is 0 Å². The first-order valence-corrected chi connectivity index (χ1v) is 5.22. The van der Waals surface area contributed by atoms with Crippen molar-refractivity contribution in [2.75, 3.05) is 6.54 Å². The quantitative estimate of drug-likeness (QED) is 0.779. The zero-order valence-electron chi connectivity index (χ0n) is 8.99. The van der Waals surface area contributed by atoms with Gasteiger partial charge in [0.2, 0.25) is 0 Å². The van der Waals surface area contributed by atoms with Crippen LogP contribution in [-0.4, -0.2) is 12.6 Å². The van der Waals surface area contributed by atoms with Gasteiger partial charge < -0.3 is 10.5 Å². The number of nitrogens with two attached hydrogens (primary N) is 1. The molecular formula is C12H19NO. The summed E-state index contributed by atoms with van der Waals surface area (Å²) in [5.41, 5.74) is 6.83. The summed E-state index contributed by atoms with van der Waals surface area (Å²) >= 11 is 0. The molecule has 0 heterocycles. The Bertz CT molecular complexity index is 256. The van der Waals surface area contributed by atoms with Crippen LogP contribution >= 0.6 is 0 Å². The van der Waals surface area contributed by atoms with Crippen molar-refractivity contribution < 1.29 is 4.74 Å². The summed E-state index contributed by atoms with van der Waals surface area (Å²) in [6.45, 7) is 4.71. The molecule has 0 radical (unpaired) electrons. The molecule has 0 saturated heterocycles. The molecular weight excluding hydrogens is 174 g/mol. The highest BCUT2D eigenvalue weighted by Gasteiger charge is 2.00.